The van der Waals surface area contributed by atoms with E-state index in [-0.39, 0.29) is 11.6 Å². The third-order valence-corrected chi connectivity index (χ3v) is 2.28. The van der Waals surface area contributed by atoms with E-state index >= 15 is 0 Å². The monoisotopic (exact) mass is 223 g/mol. The van der Waals surface area contributed by atoms with Gasteiger partial charge in [-0.15, -0.1) is 0 Å². The molecule has 16 heavy (non-hydrogen) atoms. The summed E-state index contributed by atoms with van der Waals surface area (Å²) in [5, 5.41) is 3.24. The number of Topliss-reactive ketones (excluding diaryl/α,β-unsaturated/α-hetero) is 1. The molecule has 0 aliphatic rings. The summed E-state index contributed by atoms with van der Waals surface area (Å²) < 4.78 is 12.9. The van der Waals surface area contributed by atoms with Crippen molar-refractivity contribution in [1.82, 2.24) is 5.32 Å². The summed E-state index contributed by atoms with van der Waals surface area (Å²) in [5.41, 5.74) is 0.463. The highest BCUT2D eigenvalue weighted by Gasteiger charge is 2.06. The third kappa shape index (κ3) is 4.53. The Hall–Kier alpha value is -1.22. The van der Waals surface area contributed by atoms with Gasteiger partial charge in [-0.3, -0.25) is 4.79 Å². The molecule has 0 spiro atoms. The van der Waals surface area contributed by atoms with Crippen molar-refractivity contribution in [3.63, 3.8) is 0 Å². The highest BCUT2D eigenvalue weighted by atomic mass is 19.1. The van der Waals surface area contributed by atoms with Gasteiger partial charge in [0.25, 0.3) is 0 Å². The first-order chi connectivity index (χ1) is 7.59. The van der Waals surface area contributed by atoms with Crippen LogP contribution in [0.5, 0.6) is 0 Å². The van der Waals surface area contributed by atoms with E-state index in [2.05, 4.69) is 19.2 Å². The molecule has 0 aliphatic carbocycles. The van der Waals surface area contributed by atoms with E-state index in [4.69, 9.17) is 0 Å². The molecule has 0 amide bonds. The van der Waals surface area contributed by atoms with Crippen LogP contribution in [-0.2, 0) is 0 Å². The van der Waals surface area contributed by atoms with Gasteiger partial charge in [-0.05, 0) is 25.1 Å². The minimum Gasteiger partial charge on any atom is -0.315 e. The van der Waals surface area contributed by atoms with Gasteiger partial charge in [0.15, 0.2) is 5.78 Å². The summed E-state index contributed by atoms with van der Waals surface area (Å²) in [7, 11) is 0. The normalized spacial score (nSPS) is 10.8. The van der Waals surface area contributed by atoms with Crippen LogP contribution in [0, 0.1) is 5.82 Å². The number of ketones is 1. The number of hydrogen-bond acceptors (Lipinski definition) is 2. The number of nitrogens with one attached hydrogen (secondary N) is 1. The number of carbonyl (C=O) groups excluding carboxylic acids is 1. The zero-order valence-corrected chi connectivity index (χ0v) is 9.79. The quantitative estimate of drug-likeness (QED) is 0.593. The summed E-state index contributed by atoms with van der Waals surface area (Å²) in [6.45, 7) is 4.95. The minimum atomic E-state index is -0.355. The lowest BCUT2D eigenvalue weighted by Crippen LogP contribution is -2.24. The van der Waals surface area contributed by atoms with Gasteiger partial charge >= 0.3 is 0 Å². The first-order valence-electron chi connectivity index (χ1n) is 5.61. The Morgan fingerprint density at radius 2 is 2.19 bits per heavy atom. The summed E-state index contributed by atoms with van der Waals surface area (Å²) in [4.78, 5) is 11.6. The summed E-state index contributed by atoms with van der Waals surface area (Å²) >= 11 is 0. The van der Waals surface area contributed by atoms with Crippen molar-refractivity contribution in [1.29, 1.82) is 0 Å². The van der Waals surface area contributed by atoms with Crippen LogP contribution in [0.3, 0.4) is 0 Å². The Bertz CT molecular complexity index is 350. The lowest BCUT2D eigenvalue weighted by molar-refractivity contribution is 0.0979. The fourth-order valence-electron chi connectivity index (χ4n) is 1.45. The van der Waals surface area contributed by atoms with Crippen molar-refractivity contribution in [2.24, 2.45) is 0 Å². The standard InChI is InChI=1S/C13H18FNO/c1-10(2)15-8-4-7-13(16)11-5-3-6-12(14)9-11/h3,5-6,9-10,15H,4,7-8H2,1-2H3. The Kier molecular flexibility index (Phi) is 5.12. The van der Waals surface area contributed by atoms with Gasteiger partial charge in [-0.1, -0.05) is 26.0 Å². The number of carbonyl (C=O) groups is 1. The van der Waals surface area contributed by atoms with Crippen LogP contribution in [-0.4, -0.2) is 18.4 Å². The molecule has 0 aromatic heterocycles. The van der Waals surface area contributed by atoms with Gasteiger partial charge < -0.3 is 5.32 Å². The molecular formula is C13H18FNO. The molecule has 0 fully saturated rings. The summed E-state index contributed by atoms with van der Waals surface area (Å²) in [6.07, 6.45) is 1.25. The maximum atomic E-state index is 12.9. The molecule has 1 aromatic carbocycles. The number of benzene rings is 1. The molecule has 0 aliphatic heterocycles. The predicted octanol–water partition coefficient (Wildman–Crippen LogP) is 2.79. The lowest BCUT2D eigenvalue weighted by atomic mass is 10.1. The number of halogens is 1. The minimum absolute atomic E-state index is 0.00468. The van der Waals surface area contributed by atoms with Crippen molar-refractivity contribution in [2.45, 2.75) is 32.7 Å². The first-order valence-corrected chi connectivity index (χ1v) is 5.61. The van der Waals surface area contributed by atoms with Gasteiger partial charge in [0.1, 0.15) is 5.82 Å². The summed E-state index contributed by atoms with van der Waals surface area (Å²) in [5.74, 6) is -0.351. The average molecular weight is 223 g/mol. The fourth-order valence-corrected chi connectivity index (χ4v) is 1.45. The van der Waals surface area contributed by atoms with Crippen LogP contribution >= 0.6 is 0 Å². The molecule has 2 nitrogen and oxygen atoms in total. The Balaban J connectivity index is 2.35. The first kappa shape index (κ1) is 12.8. The van der Waals surface area contributed by atoms with E-state index < -0.39 is 0 Å². The van der Waals surface area contributed by atoms with Crippen LogP contribution in [0.1, 0.15) is 37.0 Å². The van der Waals surface area contributed by atoms with E-state index in [1.807, 2.05) is 0 Å². The molecule has 1 N–H and O–H groups in total. The number of hydrogen-bond donors (Lipinski definition) is 1. The zero-order chi connectivity index (χ0) is 12.0. The van der Waals surface area contributed by atoms with Gasteiger partial charge in [0.2, 0.25) is 0 Å². The molecule has 0 saturated heterocycles. The molecule has 0 heterocycles. The fraction of sp³-hybridized carbons (Fsp3) is 0.462. The SMILES string of the molecule is CC(C)NCCCC(=O)c1cccc(F)c1. The lowest BCUT2D eigenvalue weighted by Gasteiger charge is -2.07. The van der Waals surface area contributed by atoms with E-state index in [1.54, 1.807) is 12.1 Å². The molecule has 0 bridgehead atoms. The predicted molar refractivity (Wildman–Crippen MR) is 63.1 cm³/mol. The molecule has 0 unspecified atom stereocenters. The Labute approximate surface area is 95.9 Å². The summed E-state index contributed by atoms with van der Waals surface area (Å²) in [6, 6.07) is 6.29. The Morgan fingerprint density at radius 1 is 1.44 bits per heavy atom. The third-order valence-electron chi connectivity index (χ3n) is 2.28. The van der Waals surface area contributed by atoms with Crippen LogP contribution < -0.4 is 5.32 Å². The largest absolute Gasteiger partial charge is 0.315 e. The second kappa shape index (κ2) is 6.38. The topological polar surface area (TPSA) is 29.1 Å². The maximum Gasteiger partial charge on any atom is 0.163 e. The van der Waals surface area contributed by atoms with Crippen molar-refractivity contribution in [2.75, 3.05) is 6.54 Å². The van der Waals surface area contributed by atoms with E-state index in [1.165, 1.54) is 12.1 Å². The molecular weight excluding hydrogens is 205 g/mol. The molecule has 0 radical (unpaired) electrons. The molecule has 1 aromatic rings. The van der Waals surface area contributed by atoms with Crippen molar-refractivity contribution in [3.05, 3.63) is 35.6 Å². The van der Waals surface area contributed by atoms with Crippen molar-refractivity contribution in [3.8, 4) is 0 Å². The number of rotatable bonds is 6. The van der Waals surface area contributed by atoms with E-state index in [0.29, 0.717) is 18.0 Å². The maximum absolute atomic E-state index is 12.9. The molecule has 88 valence electrons. The zero-order valence-electron chi connectivity index (χ0n) is 9.79. The highest BCUT2D eigenvalue weighted by Crippen LogP contribution is 2.07. The molecule has 1 rings (SSSR count). The second-order valence-electron chi connectivity index (χ2n) is 4.15. The van der Waals surface area contributed by atoms with Gasteiger partial charge in [-0.25, -0.2) is 4.39 Å². The molecule has 3 heteroatoms. The van der Waals surface area contributed by atoms with Crippen LogP contribution in [0.4, 0.5) is 4.39 Å². The van der Waals surface area contributed by atoms with Gasteiger partial charge in [0.05, 0.1) is 0 Å². The second-order valence-corrected chi connectivity index (χ2v) is 4.15. The van der Waals surface area contributed by atoms with Gasteiger partial charge in [0, 0.05) is 18.0 Å². The van der Waals surface area contributed by atoms with Gasteiger partial charge in [-0.2, -0.15) is 0 Å². The molecule has 0 saturated carbocycles. The smallest absolute Gasteiger partial charge is 0.163 e. The van der Waals surface area contributed by atoms with Crippen LogP contribution in [0.2, 0.25) is 0 Å². The van der Waals surface area contributed by atoms with Crippen molar-refractivity contribution < 1.29 is 9.18 Å². The van der Waals surface area contributed by atoms with Crippen molar-refractivity contribution >= 4 is 5.78 Å². The Morgan fingerprint density at radius 3 is 2.81 bits per heavy atom. The van der Waals surface area contributed by atoms with Crippen LogP contribution in [0.15, 0.2) is 24.3 Å². The molecule has 0 atom stereocenters. The van der Waals surface area contributed by atoms with E-state index in [0.717, 1.165) is 13.0 Å². The highest BCUT2D eigenvalue weighted by molar-refractivity contribution is 5.95. The average Bonchev–Trinajstić information content (AvgIpc) is 2.24. The van der Waals surface area contributed by atoms with Crippen LogP contribution in [0.25, 0.3) is 0 Å². The van der Waals surface area contributed by atoms with E-state index in [9.17, 15) is 9.18 Å².